The van der Waals surface area contributed by atoms with Crippen LogP contribution in [0.15, 0.2) is 0 Å². The number of hydrogen-bond donors (Lipinski definition) is 0. The first kappa shape index (κ1) is 9.34. The molecule has 3 heteroatoms. The number of carbonyl (C=O) groups is 1. The van der Waals surface area contributed by atoms with Crippen molar-refractivity contribution in [1.82, 2.24) is 0 Å². The van der Waals surface area contributed by atoms with Crippen LogP contribution in [0.2, 0.25) is 8.35 Å². The molecule has 0 saturated heterocycles. The summed E-state index contributed by atoms with van der Waals surface area (Å²) in [4.78, 5) is 10.4. The van der Waals surface area contributed by atoms with E-state index in [9.17, 15) is 4.79 Å². The number of carbonyl (C=O) groups excluding carboxylic acids is 1. The van der Waals surface area contributed by atoms with E-state index in [2.05, 4.69) is 13.8 Å². The van der Waals surface area contributed by atoms with Gasteiger partial charge in [-0.3, -0.25) is 0 Å². The summed E-state index contributed by atoms with van der Waals surface area (Å²) in [5, 5.41) is 0. The SMILES string of the molecule is C[CH2][In]([CH2]C)[O]C(C)=O. The summed E-state index contributed by atoms with van der Waals surface area (Å²) in [6, 6.07) is 0. The van der Waals surface area contributed by atoms with E-state index in [1.54, 1.807) is 0 Å². The first-order chi connectivity index (χ1) is 4.20. The van der Waals surface area contributed by atoms with E-state index in [0.29, 0.717) is 0 Å². The predicted molar refractivity (Wildman–Crippen MR) is 38.5 cm³/mol. The van der Waals surface area contributed by atoms with Crippen LogP contribution in [0.1, 0.15) is 20.8 Å². The van der Waals surface area contributed by atoms with Gasteiger partial charge in [-0.15, -0.1) is 0 Å². The predicted octanol–water partition coefficient (Wildman–Crippen LogP) is 1.58. The summed E-state index contributed by atoms with van der Waals surface area (Å²) < 4.78 is 7.37. The van der Waals surface area contributed by atoms with Crippen LogP contribution in [0.25, 0.3) is 0 Å². The molecule has 0 aromatic carbocycles. The van der Waals surface area contributed by atoms with E-state index in [0.717, 1.165) is 8.35 Å². The van der Waals surface area contributed by atoms with Gasteiger partial charge in [-0.1, -0.05) is 0 Å². The second kappa shape index (κ2) is 5.15. The molecule has 0 aromatic rings. The Labute approximate surface area is 64.7 Å². The van der Waals surface area contributed by atoms with Gasteiger partial charge in [0, 0.05) is 0 Å². The second-order valence-corrected chi connectivity index (χ2v) is 10.9. The Kier molecular flexibility index (Phi) is 5.35. The van der Waals surface area contributed by atoms with Crippen molar-refractivity contribution in [2.45, 2.75) is 29.1 Å². The van der Waals surface area contributed by atoms with Gasteiger partial charge in [0.25, 0.3) is 0 Å². The van der Waals surface area contributed by atoms with Gasteiger partial charge < -0.3 is 0 Å². The monoisotopic (exact) mass is 232 g/mol. The van der Waals surface area contributed by atoms with Gasteiger partial charge in [-0.25, -0.2) is 0 Å². The van der Waals surface area contributed by atoms with E-state index < -0.39 is 21.9 Å². The molecule has 0 fully saturated rings. The topological polar surface area (TPSA) is 26.3 Å². The van der Waals surface area contributed by atoms with Crippen molar-refractivity contribution < 1.29 is 7.65 Å². The van der Waals surface area contributed by atoms with Gasteiger partial charge in [0.15, 0.2) is 0 Å². The van der Waals surface area contributed by atoms with Gasteiger partial charge in [0.2, 0.25) is 0 Å². The molecule has 0 N–H and O–H groups in total. The van der Waals surface area contributed by atoms with Crippen molar-refractivity contribution >= 4 is 27.8 Å². The van der Waals surface area contributed by atoms with Crippen LogP contribution in [-0.4, -0.2) is 27.8 Å². The molecule has 0 spiro atoms. The van der Waals surface area contributed by atoms with E-state index in [1.807, 2.05) is 0 Å². The van der Waals surface area contributed by atoms with Crippen LogP contribution in [0.4, 0.5) is 0 Å². The van der Waals surface area contributed by atoms with Crippen molar-refractivity contribution in [3.63, 3.8) is 0 Å². The van der Waals surface area contributed by atoms with E-state index in [4.69, 9.17) is 2.85 Å². The molecule has 0 amide bonds. The van der Waals surface area contributed by atoms with Gasteiger partial charge >= 0.3 is 64.6 Å². The third-order valence-electron chi connectivity index (χ3n) is 1.24. The van der Waals surface area contributed by atoms with Crippen LogP contribution in [0.5, 0.6) is 0 Å². The van der Waals surface area contributed by atoms with Gasteiger partial charge in [-0.2, -0.15) is 0 Å². The standard InChI is InChI=1S/C2H4O2.2C2H5.In/c1-2(3)4;2*1-2;/h1H3,(H,3,4);2*1H2,2H3;/q;;;+1/p-1. The zero-order chi connectivity index (χ0) is 7.28. The van der Waals surface area contributed by atoms with Crippen molar-refractivity contribution in [3.05, 3.63) is 0 Å². The fourth-order valence-corrected chi connectivity index (χ4v) is 4.63. The Bertz CT molecular complexity index is 89.1. The maximum absolute atomic E-state index is 10.4. The van der Waals surface area contributed by atoms with Crippen LogP contribution >= 0.6 is 0 Å². The summed E-state index contributed by atoms with van der Waals surface area (Å²) in [6.45, 7) is 5.70. The van der Waals surface area contributed by atoms with Crippen molar-refractivity contribution in [2.75, 3.05) is 0 Å². The van der Waals surface area contributed by atoms with Crippen molar-refractivity contribution in [3.8, 4) is 0 Å². The van der Waals surface area contributed by atoms with Crippen LogP contribution in [0.3, 0.4) is 0 Å². The Hall–Kier alpha value is 0.340. The zero-order valence-corrected chi connectivity index (χ0v) is 9.60. The average Bonchev–Trinajstić information content (AvgIpc) is 1.82. The van der Waals surface area contributed by atoms with E-state index >= 15 is 0 Å². The van der Waals surface area contributed by atoms with E-state index in [1.165, 1.54) is 6.92 Å². The molecule has 0 unspecified atom stereocenters. The first-order valence-electron chi connectivity index (χ1n) is 3.37. The van der Waals surface area contributed by atoms with Crippen LogP contribution in [0, 0.1) is 0 Å². The molecular formula is C6H13InO2. The fourth-order valence-electron chi connectivity index (χ4n) is 0.690. The minimum absolute atomic E-state index is 0.0838. The molecule has 0 aliphatic rings. The summed E-state index contributed by atoms with van der Waals surface area (Å²) in [5.74, 6) is -0.0838. The third kappa shape index (κ3) is 4.82. The molecule has 9 heavy (non-hydrogen) atoms. The second-order valence-electron chi connectivity index (χ2n) is 2.05. The molecule has 0 saturated carbocycles. The van der Waals surface area contributed by atoms with Crippen LogP contribution < -0.4 is 0 Å². The van der Waals surface area contributed by atoms with Gasteiger partial charge in [0.1, 0.15) is 0 Å². The summed E-state index contributed by atoms with van der Waals surface area (Å²) >= 11 is -1.73. The molecule has 0 rings (SSSR count). The summed E-state index contributed by atoms with van der Waals surface area (Å²) in [7, 11) is 0. The summed E-state index contributed by atoms with van der Waals surface area (Å²) in [6.07, 6.45) is 0. The Morgan fingerprint density at radius 2 is 1.89 bits per heavy atom. The third-order valence-corrected chi connectivity index (χ3v) is 8.34. The molecule has 0 heterocycles. The molecule has 0 bridgehead atoms. The average molecular weight is 232 g/mol. The molecule has 0 radical (unpaired) electrons. The number of hydrogen-bond acceptors (Lipinski definition) is 2. The maximum atomic E-state index is 10.4. The van der Waals surface area contributed by atoms with Gasteiger partial charge in [0.05, 0.1) is 0 Å². The molecule has 0 aliphatic heterocycles. The van der Waals surface area contributed by atoms with Crippen molar-refractivity contribution in [2.24, 2.45) is 0 Å². The fraction of sp³-hybridized carbons (Fsp3) is 0.833. The van der Waals surface area contributed by atoms with Crippen LogP contribution in [-0.2, 0) is 7.65 Å². The Morgan fingerprint density at radius 3 is 2.00 bits per heavy atom. The first-order valence-corrected chi connectivity index (χ1v) is 9.38. The summed E-state index contributed by atoms with van der Waals surface area (Å²) in [5.41, 5.74) is 0. The molecule has 0 aromatic heterocycles. The molecular weight excluding hydrogens is 219 g/mol. The van der Waals surface area contributed by atoms with Gasteiger partial charge in [-0.05, 0) is 0 Å². The zero-order valence-electron chi connectivity index (χ0n) is 6.31. The molecule has 0 aliphatic carbocycles. The van der Waals surface area contributed by atoms with E-state index in [-0.39, 0.29) is 5.97 Å². The quantitative estimate of drug-likeness (QED) is 0.738. The normalized spacial score (nSPS) is 8.78. The van der Waals surface area contributed by atoms with Crippen molar-refractivity contribution in [1.29, 1.82) is 0 Å². The Morgan fingerprint density at radius 1 is 1.44 bits per heavy atom. The minimum atomic E-state index is -1.73. The molecule has 0 atom stereocenters. The Balaban J connectivity index is 3.43. The number of rotatable bonds is 3. The molecule has 2 nitrogen and oxygen atoms in total. The molecule has 52 valence electrons.